The molecule has 25 heavy (non-hydrogen) atoms. The molecule has 2 aromatic rings. The van der Waals surface area contributed by atoms with Crippen molar-refractivity contribution in [2.75, 3.05) is 11.9 Å². The van der Waals surface area contributed by atoms with Crippen molar-refractivity contribution in [2.45, 2.75) is 6.18 Å². The predicted molar refractivity (Wildman–Crippen MR) is 85.5 cm³/mol. The summed E-state index contributed by atoms with van der Waals surface area (Å²) in [5.41, 5.74) is 3.76. The lowest BCUT2D eigenvalue weighted by Gasteiger charge is -2.14. The number of benzene rings is 2. The first-order valence-electron chi connectivity index (χ1n) is 6.86. The van der Waals surface area contributed by atoms with Gasteiger partial charge in [-0.15, -0.1) is 0 Å². The largest absolute Gasteiger partial charge is 0.483 e. The number of amides is 2. The zero-order valence-electron chi connectivity index (χ0n) is 12.6. The van der Waals surface area contributed by atoms with Crippen LogP contribution in [0.2, 0.25) is 5.02 Å². The Morgan fingerprint density at radius 1 is 1.16 bits per heavy atom. The maximum atomic E-state index is 12.9. The highest BCUT2D eigenvalue weighted by atomic mass is 35.5. The van der Waals surface area contributed by atoms with E-state index < -0.39 is 35.8 Å². The lowest BCUT2D eigenvalue weighted by Crippen LogP contribution is -2.23. The number of hydrogen-bond acceptors (Lipinski definition) is 3. The minimum Gasteiger partial charge on any atom is -0.483 e. The van der Waals surface area contributed by atoms with E-state index in [4.69, 9.17) is 22.1 Å². The van der Waals surface area contributed by atoms with Crippen molar-refractivity contribution >= 4 is 29.1 Å². The molecule has 0 radical (unpaired) electrons. The molecule has 0 unspecified atom stereocenters. The Bertz CT molecular complexity index is 809. The summed E-state index contributed by atoms with van der Waals surface area (Å²) in [5, 5.41) is 2.36. The molecule has 2 amide bonds. The average molecular weight is 373 g/mol. The number of alkyl halides is 3. The van der Waals surface area contributed by atoms with Crippen molar-refractivity contribution in [3.63, 3.8) is 0 Å². The molecule has 0 bridgehead atoms. The Balaban J connectivity index is 2.09. The number of nitrogens with two attached hydrogens (primary N) is 1. The van der Waals surface area contributed by atoms with Crippen LogP contribution < -0.4 is 15.8 Å². The highest BCUT2D eigenvalue weighted by molar-refractivity contribution is 6.31. The van der Waals surface area contributed by atoms with E-state index in [0.29, 0.717) is 0 Å². The van der Waals surface area contributed by atoms with Crippen molar-refractivity contribution in [2.24, 2.45) is 5.73 Å². The second-order valence-electron chi connectivity index (χ2n) is 4.88. The molecule has 5 nitrogen and oxygen atoms in total. The van der Waals surface area contributed by atoms with Gasteiger partial charge in [0.15, 0.2) is 6.61 Å². The third-order valence-electron chi connectivity index (χ3n) is 3.07. The van der Waals surface area contributed by atoms with E-state index >= 15 is 0 Å². The van der Waals surface area contributed by atoms with Gasteiger partial charge in [0.1, 0.15) is 5.75 Å². The number of halogens is 4. The predicted octanol–water partition coefficient (Wildman–Crippen LogP) is 3.48. The highest BCUT2D eigenvalue weighted by Gasteiger charge is 2.33. The first-order valence-corrected chi connectivity index (χ1v) is 7.24. The van der Waals surface area contributed by atoms with E-state index in [-0.39, 0.29) is 16.3 Å². The van der Waals surface area contributed by atoms with Crippen molar-refractivity contribution in [1.82, 2.24) is 0 Å². The third kappa shape index (κ3) is 4.87. The van der Waals surface area contributed by atoms with E-state index in [1.54, 1.807) is 0 Å². The van der Waals surface area contributed by atoms with E-state index in [2.05, 4.69) is 5.32 Å². The van der Waals surface area contributed by atoms with Gasteiger partial charge in [0.05, 0.1) is 16.8 Å². The first kappa shape index (κ1) is 18.6. The van der Waals surface area contributed by atoms with Crippen molar-refractivity contribution in [3.8, 4) is 5.75 Å². The van der Waals surface area contributed by atoms with E-state index in [1.807, 2.05) is 0 Å². The molecule has 2 rings (SSSR count). The summed E-state index contributed by atoms with van der Waals surface area (Å²) in [5.74, 6) is -1.65. The molecule has 2 aromatic carbocycles. The smallest absolute Gasteiger partial charge is 0.418 e. The number of ether oxygens (including phenoxy) is 1. The van der Waals surface area contributed by atoms with Crippen LogP contribution >= 0.6 is 11.6 Å². The zero-order chi connectivity index (χ0) is 18.6. The standard InChI is InChI=1S/C16H12ClF3N2O3/c17-9-5-6-13(10(7-9)15(21)24)25-8-14(23)22-12-4-2-1-3-11(12)16(18,19)20/h1-7H,8H2,(H2,21,24)(H,22,23). The summed E-state index contributed by atoms with van der Waals surface area (Å²) < 4.78 is 43.8. The zero-order valence-corrected chi connectivity index (χ0v) is 13.3. The van der Waals surface area contributed by atoms with Gasteiger partial charge in [0, 0.05) is 5.02 Å². The summed E-state index contributed by atoms with van der Waals surface area (Å²) in [6.45, 7) is -0.617. The molecule has 0 aliphatic rings. The van der Waals surface area contributed by atoms with Crippen molar-refractivity contribution in [3.05, 3.63) is 58.6 Å². The first-order chi connectivity index (χ1) is 11.7. The van der Waals surface area contributed by atoms with Crippen LogP contribution in [-0.4, -0.2) is 18.4 Å². The van der Waals surface area contributed by atoms with Gasteiger partial charge in [-0.25, -0.2) is 0 Å². The SMILES string of the molecule is NC(=O)c1cc(Cl)ccc1OCC(=O)Nc1ccccc1C(F)(F)F. The Kier molecular flexibility index (Phi) is 5.53. The summed E-state index contributed by atoms with van der Waals surface area (Å²) in [6.07, 6.45) is -4.61. The molecule has 9 heteroatoms. The molecular formula is C16H12ClF3N2O3. The Labute approximate surface area is 145 Å². The number of carbonyl (C=O) groups excluding carboxylic acids is 2. The van der Waals surface area contributed by atoms with Gasteiger partial charge in [-0.1, -0.05) is 23.7 Å². The quantitative estimate of drug-likeness (QED) is 0.843. The van der Waals surface area contributed by atoms with Gasteiger partial charge in [-0.05, 0) is 30.3 Å². The Morgan fingerprint density at radius 2 is 1.84 bits per heavy atom. The number of carbonyl (C=O) groups is 2. The summed E-state index contributed by atoms with van der Waals surface area (Å²) in [4.78, 5) is 23.2. The second-order valence-corrected chi connectivity index (χ2v) is 5.32. The third-order valence-corrected chi connectivity index (χ3v) is 3.31. The maximum Gasteiger partial charge on any atom is 0.418 e. The van der Waals surface area contributed by atoms with Gasteiger partial charge in [-0.2, -0.15) is 13.2 Å². The molecule has 0 spiro atoms. The highest BCUT2D eigenvalue weighted by Crippen LogP contribution is 2.34. The van der Waals surface area contributed by atoms with Crippen LogP contribution in [0.25, 0.3) is 0 Å². The van der Waals surface area contributed by atoms with Crippen LogP contribution in [-0.2, 0) is 11.0 Å². The molecule has 0 aromatic heterocycles. The van der Waals surface area contributed by atoms with E-state index in [1.165, 1.54) is 30.3 Å². The fourth-order valence-corrected chi connectivity index (χ4v) is 2.16. The van der Waals surface area contributed by atoms with Crippen LogP contribution in [0.1, 0.15) is 15.9 Å². The second kappa shape index (κ2) is 7.43. The molecule has 0 atom stereocenters. The molecule has 132 valence electrons. The van der Waals surface area contributed by atoms with Gasteiger partial charge >= 0.3 is 6.18 Å². The number of nitrogens with one attached hydrogen (secondary N) is 1. The molecule has 0 saturated heterocycles. The number of rotatable bonds is 5. The van der Waals surface area contributed by atoms with Gasteiger partial charge in [0.25, 0.3) is 11.8 Å². The minimum absolute atomic E-state index is 0.00356. The molecular weight excluding hydrogens is 361 g/mol. The molecule has 0 aliphatic carbocycles. The summed E-state index contributed by atoms with van der Waals surface area (Å²) in [7, 11) is 0. The number of primary amides is 1. The maximum absolute atomic E-state index is 12.9. The molecule has 0 aliphatic heterocycles. The fourth-order valence-electron chi connectivity index (χ4n) is 1.99. The van der Waals surface area contributed by atoms with Crippen molar-refractivity contribution in [1.29, 1.82) is 0 Å². The Hall–Kier alpha value is -2.74. The topological polar surface area (TPSA) is 81.4 Å². The normalized spacial score (nSPS) is 11.0. The number of hydrogen-bond donors (Lipinski definition) is 2. The van der Waals surface area contributed by atoms with Crippen LogP contribution in [0.5, 0.6) is 5.75 Å². The van der Waals surface area contributed by atoms with E-state index in [9.17, 15) is 22.8 Å². The van der Waals surface area contributed by atoms with Crippen LogP contribution in [0.15, 0.2) is 42.5 Å². The van der Waals surface area contributed by atoms with Crippen LogP contribution in [0.3, 0.4) is 0 Å². The molecule has 0 heterocycles. The molecule has 0 fully saturated rings. The Morgan fingerprint density at radius 3 is 2.48 bits per heavy atom. The summed E-state index contributed by atoms with van der Waals surface area (Å²) in [6, 6.07) is 8.55. The van der Waals surface area contributed by atoms with Crippen LogP contribution in [0, 0.1) is 0 Å². The minimum atomic E-state index is -4.61. The van der Waals surface area contributed by atoms with Crippen molar-refractivity contribution < 1.29 is 27.5 Å². The molecule has 3 N–H and O–H groups in total. The van der Waals surface area contributed by atoms with Gasteiger partial charge in [0.2, 0.25) is 0 Å². The monoisotopic (exact) mass is 372 g/mol. The van der Waals surface area contributed by atoms with Gasteiger partial charge in [-0.3, -0.25) is 9.59 Å². The van der Waals surface area contributed by atoms with Gasteiger partial charge < -0.3 is 15.8 Å². The lowest BCUT2D eigenvalue weighted by atomic mass is 10.1. The van der Waals surface area contributed by atoms with E-state index in [0.717, 1.165) is 12.1 Å². The summed E-state index contributed by atoms with van der Waals surface area (Å²) >= 11 is 5.74. The molecule has 0 saturated carbocycles. The fraction of sp³-hybridized carbons (Fsp3) is 0.125. The van der Waals surface area contributed by atoms with Crippen LogP contribution in [0.4, 0.5) is 18.9 Å². The lowest BCUT2D eigenvalue weighted by molar-refractivity contribution is -0.137. The number of anilines is 1. The number of para-hydroxylation sites is 1. The average Bonchev–Trinajstić information content (AvgIpc) is 2.53.